The van der Waals surface area contributed by atoms with Crippen LogP contribution in [0.15, 0.2) is 94.9 Å². The summed E-state index contributed by atoms with van der Waals surface area (Å²) >= 11 is 0. The molecule has 0 saturated carbocycles. The van der Waals surface area contributed by atoms with Crippen molar-refractivity contribution < 1.29 is 23.1 Å². The number of phenolic OH excluding ortho intramolecular Hbond substituents is 1. The topological polar surface area (TPSA) is 116 Å². The molecule has 2 N–H and O–H groups in total. The highest BCUT2D eigenvalue weighted by Gasteiger charge is 2.32. The van der Waals surface area contributed by atoms with E-state index in [4.69, 9.17) is 0 Å². The zero-order chi connectivity index (χ0) is 25.3. The second-order valence-corrected chi connectivity index (χ2v) is 9.97. The summed E-state index contributed by atoms with van der Waals surface area (Å²) in [6, 6.07) is 23.1. The van der Waals surface area contributed by atoms with E-state index in [-0.39, 0.29) is 29.0 Å². The molecule has 5 rings (SSSR count). The van der Waals surface area contributed by atoms with E-state index in [0.29, 0.717) is 28.5 Å². The number of amides is 2. The number of hydrogen-bond donors (Lipinski definition) is 2. The van der Waals surface area contributed by atoms with Gasteiger partial charge in [0, 0.05) is 23.1 Å². The molecule has 4 aromatic rings. The molecular weight excluding hydrogens is 478 g/mol. The zero-order valence-electron chi connectivity index (χ0n) is 19.0. The number of hydrazone groups is 1. The number of phenols is 1. The number of imide groups is 1. The summed E-state index contributed by atoms with van der Waals surface area (Å²) in [5, 5.41) is 14.6. The number of rotatable bonds is 7. The Hall–Kier alpha value is -4.50. The number of hydrogen-bond acceptors (Lipinski definition) is 6. The average Bonchev–Trinajstić information content (AvgIpc) is 2.88. The number of benzene rings is 4. The van der Waals surface area contributed by atoms with E-state index in [9.17, 15) is 23.1 Å². The van der Waals surface area contributed by atoms with Crippen LogP contribution in [0.5, 0.6) is 5.75 Å². The van der Waals surface area contributed by atoms with E-state index < -0.39 is 10.0 Å². The molecule has 8 nitrogen and oxygen atoms in total. The number of carbonyl (C=O) groups is 2. The van der Waals surface area contributed by atoms with Gasteiger partial charge in [0.15, 0.2) is 0 Å². The highest BCUT2D eigenvalue weighted by Crippen LogP contribution is 2.30. The van der Waals surface area contributed by atoms with Crippen LogP contribution in [0.2, 0.25) is 0 Å². The van der Waals surface area contributed by atoms with Gasteiger partial charge in [-0.05, 0) is 71.5 Å². The first-order valence-electron chi connectivity index (χ1n) is 11.1. The monoisotopic (exact) mass is 499 g/mol. The first kappa shape index (κ1) is 23.3. The fourth-order valence-electron chi connectivity index (χ4n) is 4.14. The fraction of sp³-hybridized carbons (Fsp3) is 0.0741. The van der Waals surface area contributed by atoms with Crippen molar-refractivity contribution in [3.05, 3.63) is 107 Å². The Morgan fingerprint density at radius 3 is 2.06 bits per heavy atom. The van der Waals surface area contributed by atoms with E-state index in [1.165, 1.54) is 35.4 Å². The third kappa shape index (κ3) is 4.44. The average molecular weight is 500 g/mol. The van der Waals surface area contributed by atoms with Gasteiger partial charge in [-0.15, -0.1) is 0 Å². The Labute approximate surface area is 207 Å². The van der Waals surface area contributed by atoms with E-state index in [1.807, 2.05) is 12.1 Å². The van der Waals surface area contributed by atoms with Crippen LogP contribution in [0, 0.1) is 0 Å². The molecule has 1 aliphatic heterocycles. The maximum absolute atomic E-state index is 13.0. The number of sulfonamides is 1. The highest BCUT2D eigenvalue weighted by atomic mass is 32.2. The minimum atomic E-state index is -3.88. The minimum absolute atomic E-state index is 0.0276. The van der Waals surface area contributed by atoms with Crippen LogP contribution in [0.4, 0.5) is 0 Å². The molecule has 0 aliphatic carbocycles. The fourth-order valence-corrected chi connectivity index (χ4v) is 4.93. The smallest absolute Gasteiger partial charge is 0.276 e. The lowest BCUT2D eigenvalue weighted by Gasteiger charge is -2.27. The lowest BCUT2D eigenvalue weighted by molar-refractivity contribution is 0.0612. The van der Waals surface area contributed by atoms with Crippen molar-refractivity contribution in [1.82, 2.24) is 9.73 Å². The Balaban J connectivity index is 1.26. The van der Waals surface area contributed by atoms with Crippen molar-refractivity contribution in [3.63, 3.8) is 0 Å². The quantitative estimate of drug-likeness (QED) is 0.229. The van der Waals surface area contributed by atoms with Crippen molar-refractivity contribution in [1.29, 1.82) is 0 Å². The molecule has 0 radical (unpaired) electrons. The number of nitrogens with zero attached hydrogens (tertiary/aromatic N) is 2. The van der Waals surface area contributed by atoms with Gasteiger partial charge in [-0.1, -0.05) is 36.4 Å². The van der Waals surface area contributed by atoms with Crippen molar-refractivity contribution >= 4 is 38.8 Å². The standard InChI is InChI=1S/C27H21N3O5S/c31-21-11-7-19(8-12-21)17-28-29-36(34,35)22-13-9-18(10-14-22)15-16-30-26(32)23-5-1-3-20-4-2-6-24(25(20)23)27(30)33/h1-14,17,29,31H,15-16H2/b28-17+. The summed E-state index contributed by atoms with van der Waals surface area (Å²) in [6.45, 7) is 0.170. The van der Waals surface area contributed by atoms with Gasteiger partial charge >= 0.3 is 0 Å². The first-order valence-corrected chi connectivity index (χ1v) is 12.6. The molecule has 0 saturated heterocycles. The summed E-state index contributed by atoms with van der Waals surface area (Å²) in [4.78, 5) is 29.5. The summed E-state index contributed by atoms with van der Waals surface area (Å²) < 4.78 is 25.0. The van der Waals surface area contributed by atoms with E-state index in [1.54, 1.807) is 48.5 Å². The molecule has 0 bridgehead atoms. The van der Waals surface area contributed by atoms with Crippen molar-refractivity contribution in [2.75, 3.05) is 6.54 Å². The van der Waals surface area contributed by atoms with Gasteiger partial charge in [-0.2, -0.15) is 13.5 Å². The Morgan fingerprint density at radius 1 is 0.833 bits per heavy atom. The van der Waals surface area contributed by atoms with E-state index >= 15 is 0 Å². The summed E-state index contributed by atoms with van der Waals surface area (Å²) in [7, 11) is -3.88. The van der Waals surface area contributed by atoms with Crippen LogP contribution >= 0.6 is 0 Å². The molecule has 9 heteroatoms. The summed E-state index contributed by atoms with van der Waals surface area (Å²) in [5.74, 6) is -0.567. The summed E-state index contributed by atoms with van der Waals surface area (Å²) in [5.41, 5.74) is 2.40. The molecule has 0 spiro atoms. The number of carbonyl (C=O) groups excluding carboxylic acids is 2. The third-order valence-electron chi connectivity index (χ3n) is 5.99. The highest BCUT2D eigenvalue weighted by molar-refractivity contribution is 7.89. The van der Waals surface area contributed by atoms with Crippen LogP contribution in [0.1, 0.15) is 31.8 Å². The van der Waals surface area contributed by atoms with Crippen molar-refractivity contribution in [2.24, 2.45) is 5.10 Å². The van der Waals surface area contributed by atoms with Gasteiger partial charge in [-0.3, -0.25) is 14.5 Å². The van der Waals surface area contributed by atoms with Crippen LogP contribution in [-0.2, 0) is 16.4 Å². The molecule has 0 unspecified atom stereocenters. The van der Waals surface area contributed by atoms with Crippen LogP contribution < -0.4 is 4.83 Å². The maximum atomic E-state index is 13.0. The van der Waals surface area contributed by atoms with Gasteiger partial charge in [-0.25, -0.2) is 4.83 Å². The van der Waals surface area contributed by atoms with Gasteiger partial charge in [0.1, 0.15) is 5.75 Å². The predicted octanol–water partition coefficient (Wildman–Crippen LogP) is 3.70. The van der Waals surface area contributed by atoms with Crippen LogP contribution in [0.25, 0.3) is 10.8 Å². The van der Waals surface area contributed by atoms with Gasteiger partial charge in [0.2, 0.25) is 0 Å². The second-order valence-electron chi connectivity index (χ2n) is 8.31. The molecule has 0 fully saturated rings. The van der Waals surface area contributed by atoms with Gasteiger partial charge < -0.3 is 5.11 Å². The second kappa shape index (κ2) is 9.27. The minimum Gasteiger partial charge on any atom is -0.508 e. The first-order chi connectivity index (χ1) is 17.3. The number of nitrogens with one attached hydrogen (secondary N) is 1. The Bertz CT molecular complexity index is 1560. The molecular formula is C27H21N3O5S. The molecule has 1 heterocycles. The molecule has 0 aromatic heterocycles. The SMILES string of the molecule is O=C1c2cccc3cccc(c23)C(=O)N1CCc1ccc(S(=O)(=O)N/N=C/c2ccc(O)cc2)cc1. The van der Waals surface area contributed by atoms with Crippen LogP contribution in [0.3, 0.4) is 0 Å². The normalized spacial score (nSPS) is 13.5. The van der Waals surface area contributed by atoms with E-state index in [2.05, 4.69) is 9.93 Å². The summed E-state index contributed by atoms with van der Waals surface area (Å²) in [6.07, 6.45) is 1.71. The lowest BCUT2D eigenvalue weighted by atomic mass is 9.94. The van der Waals surface area contributed by atoms with Gasteiger partial charge in [0.25, 0.3) is 21.8 Å². The number of aromatic hydroxyl groups is 1. The molecule has 36 heavy (non-hydrogen) atoms. The van der Waals surface area contributed by atoms with Crippen molar-refractivity contribution in [2.45, 2.75) is 11.3 Å². The zero-order valence-corrected chi connectivity index (χ0v) is 19.8. The largest absolute Gasteiger partial charge is 0.508 e. The van der Waals surface area contributed by atoms with E-state index in [0.717, 1.165) is 10.9 Å². The maximum Gasteiger partial charge on any atom is 0.276 e. The molecule has 1 aliphatic rings. The predicted molar refractivity (Wildman–Crippen MR) is 135 cm³/mol. The third-order valence-corrected chi connectivity index (χ3v) is 7.23. The van der Waals surface area contributed by atoms with Gasteiger partial charge in [0.05, 0.1) is 11.1 Å². The molecule has 180 valence electrons. The van der Waals surface area contributed by atoms with Crippen LogP contribution in [-0.4, -0.2) is 43.0 Å². The molecule has 2 amide bonds. The van der Waals surface area contributed by atoms with Crippen molar-refractivity contribution in [3.8, 4) is 5.75 Å². The Kier molecular flexibility index (Phi) is 5.99. The molecule has 4 aromatic carbocycles. The Morgan fingerprint density at radius 2 is 1.44 bits per heavy atom. The lowest BCUT2D eigenvalue weighted by Crippen LogP contribution is -2.41. The molecule has 0 atom stereocenters.